The zero-order chi connectivity index (χ0) is 21.3. The minimum atomic E-state index is -0.992. The Morgan fingerprint density at radius 2 is 1.70 bits per heavy atom. The number of aromatic nitrogens is 1. The minimum Gasteiger partial charge on any atom is -0.477 e. The van der Waals surface area contributed by atoms with Crippen LogP contribution in [0.25, 0.3) is 10.8 Å². The number of aromatic carboxylic acids is 1. The van der Waals surface area contributed by atoms with Crippen molar-refractivity contribution >= 4 is 16.7 Å². The number of carbonyl (C=O) groups is 1. The molecule has 1 aliphatic rings. The summed E-state index contributed by atoms with van der Waals surface area (Å²) in [5.41, 5.74) is 2.33. The first-order valence-electron chi connectivity index (χ1n) is 10.7. The van der Waals surface area contributed by atoms with Gasteiger partial charge in [-0.15, -0.1) is 0 Å². The Labute approximate surface area is 177 Å². The molecule has 0 bridgehead atoms. The molecule has 0 atom stereocenters. The molecular formula is C26H29NO3. The molecule has 1 aromatic heterocycles. The Morgan fingerprint density at radius 3 is 2.33 bits per heavy atom. The van der Waals surface area contributed by atoms with Crippen LogP contribution >= 0.6 is 0 Å². The SMILES string of the molecule is CC(C)(C)c1ccc(Oc2ccc3c(CC4CCCC4)nc(C(=O)O)cc3c2)cc1. The first kappa shape index (κ1) is 20.4. The number of fused-ring (bicyclic) bond motifs is 1. The Hall–Kier alpha value is -2.88. The van der Waals surface area contributed by atoms with E-state index < -0.39 is 5.97 Å². The van der Waals surface area contributed by atoms with Crippen molar-refractivity contribution in [3.63, 3.8) is 0 Å². The molecule has 0 unspecified atom stereocenters. The third-order valence-electron chi connectivity index (χ3n) is 6.01. The van der Waals surface area contributed by atoms with Crippen molar-refractivity contribution in [1.82, 2.24) is 4.98 Å². The highest BCUT2D eigenvalue weighted by Crippen LogP contribution is 2.33. The van der Waals surface area contributed by atoms with E-state index in [1.165, 1.54) is 31.2 Å². The Balaban J connectivity index is 1.64. The average molecular weight is 404 g/mol. The topological polar surface area (TPSA) is 59.4 Å². The molecule has 1 heterocycles. The minimum absolute atomic E-state index is 0.0947. The predicted octanol–water partition coefficient (Wildman–Crippen LogP) is 6.76. The lowest BCUT2D eigenvalue weighted by molar-refractivity contribution is 0.0690. The normalized spacial score (nSPS) is 14.9. The molecule has 2 aromatic carbocycles. The van der Waals surface area contributed by atoms with Crippen molar-refractivity contribution in [3.05, 3.63) is 65.5 Å². The summed E-state index contributed by atoms with van der Waals surface area (Å²) in [6.45, 7) is 6.55. The summed E-state index contributed by atoms with van der Waals surface area (Å²) in [5.74, 6) is 1.07. The summed E-state index contributed by atoms with van der Waals surface area (Å²) < 4.78 is 6.06. The van der Waals surface area contributed by atoms with Crippen LogP contribution in [0.2, 0.25) is 0 Å². The third kappa shape index (κ3) is 4.48. The molecule has 0 amide bonds. The molecule has 1 saturated carbocycles. The average Bonchev–Trinajstić information content (AvgIpc) is 3.20. The summed E-state index contributed by atoms with van der Waals surface area (Å²) in [6, 6.07) is 15.6. The van der Waals surface area contributed by atoms with E-state index in [-0.39, 0.29) is 11.1 Å². The molecule has 30 heavy (non-hydrogen) atoms. The van der Waals surface area contributed by atoms with Crippen LogP contribution in [0.3, 0.4) is 0 Å². The summed E-state index contributed by atoms with van der Waals surface area (Å²) in [7, 11) is 0. The molecule has 4 nitrogen and oxygen atoms in total. The fraction of sp³-hybridized carbons (Fsp3) is 0.385. The van der Waals surface area contributed by atoms with Gasteiger partial charge in [-0.05, 0) is 65.1 Å². The number of benzene rings is 2. The van der Waals surface area contributed by atoms with Gasteiger partial charge in [0.05, 0.1) is 0 Å². The fourth-order valence-electron chi connectivity index (χ4n) is 4.28. The van der Waals surface area contributed by atoms with E-state index in [0.29, 0.717) is 11.7 Å². The molecule has 156 valence electrons. The summed E-state index contributed by atoms with van der Waals surface area (Å²) in [6.07, 6.45) is 5.75. The standard InChI is InChI=1S/C26H29NO3/c1-26(2,3)19-8-10-20(11-9-19)30-21-12-13-22-18(15-21)16-24(25(28)29)27-23(22)14-17-6-4-5-7-17/h8-13,15-17H,4-7,14H2,1-3H3,(H,28,29). The van der Waals surface area contributed by atoms with Crippen molar-refractivity contribution in [1.29, 1.82) is 0 Å². The monoisotopic (exact) mass is 403 g/mol. The number of pyridine rings is 1. The van der Waals surface area contributed by atoms with E-state index in [4.69, 9.17) is 4.74 Å². The maximum atomic E-state index is 11.6. The lowest BCUT2D eigenvalue weighted by Crippen LogP contribution is -2.10. The van der Waals surface area contributed by atoms with E-state index in [2.05, 4.69) is 37.9 Å². The van der Waals surface area contributed by atoms with E-state index in [1.807, 2.05) is 30.3 Å². The summed E-state index contributed by atoms with van der Waals surface area (Å²) in [4.78, 5) is 16.1. The first-order valence-corrected chi connectivity index (χ1v) is 10.7. The van der Waals surface area contributed by atoms with Gasteiger partial charge in [-0.2, -0.15) is 0 Å². The number of carboxylic acid groups (broad SMARTS) is 1. The second-order valence-electron chi connectivity index (χ2n) is 9.37. The summed E-state index contributed by atoms with van der Waals surface area (Å²) in [5, 5.41) is 11.4. The van der Waals surface area contributed by atoms with Crippen molar-refractivity contribution in [2.45, 2.75) is 58.3 Å². The van der Waals surface area contributed by atoms with Gasteiger partial charge in [-0.3, -0.25) is 0 Å². The number of carboxylic acids is 1. The quantitative estimate of drug-likeness (QED) is 0.511. The number of nitrogens with zero attached hydrogens (tertiary/aromatic N) is 1. The van der Waals surface area contributed by atoms with E-state index in [9.17, 15) is 9.90 Å². The van der Waals surface area contributed by atoms with Gasteiger partial charge in [-0.1, -0.05) is 58.6 Å². The molecule has 4 heteroatoms. The molecule has 0 saturated heterocycles. The lowest BCUT2D eigenvalue weighted by Gasteiger charge is -2.19. The van der Waals surface area contributed by atoms with Gasteiger partial charge in [0.25, 0.3) is 0 Å². The van der Waals surface area contributed by atoms with Crippen LogP contribution in [0.1, 0.15) is 68.2 Å². The molecule has 3 aromatic rings. The van der Waals surface area contributed by atoms with Crippen molar-refractivity contribution in [2.75, 3.05) is 0 Å². The zero-order valence-electron chi connectivity index (χ0n) is 17.9. The van der Waals surface area contributed by atoms with Crippen LogP contribution in [-0.2, 0) is 11.8 Å². The lowest BCUT2D eigenvalue weighted by atomic mass is 9.87. The van der Waals surface area contributed by atoms with Crippen LogP contribution in [0.15, 0.2) is 48.5 Å². The third-order valence-corrected chi connectivity index (χ3v) is 6.01. The summed E-state index contributed by atoms with van der Waals surface area (Å²) >= 11 is 0. The van der Waals surface area contributed by atoms with E-state index in [1.54, 1.807) is 6.07 Å². The zero-order valence-corrected chi connectivity index (χ0v) is 17.9. The van der Waals surface area contributed by atoms with Gasteiger partial charge in [0.1, 0.15) is 17.2 Å². The van der Waals surface area contributed by atoms with E-state index >= 15 is 0 Å². The second-order valence-corrected chi connectivity index (χ2v) is 9.37. The number of hydrogen-bond donors (Lipinski definition) is 1. The van der Waals surface area contributed by atoms with Crippen LogP contribution in [0.4, 0.5) is 0 Å². The van der Waals surface area contributed by atoms with E-state index in [0.717, 1.165) is 28.6 Å². The molecule has 1 aliphatic carbocycles. The molecule has 1 fully saturated rings. The smallest absolute Gasteiger partial charge is 0.354 e. The van der Waals surface area contributed by atoms with Crippen LogP contribution < -0.4 is 4.74 Å². The molecule has 0 aliphatic heterocycles. The Kier molecular flexibility index (Phi) is 5.50. The molecule has 0 radical (unpaired) electrons. The predicted molar refractivity (Wildman–Crippen MR) is 120 cm³/mol. The van der Waals surface area contributed by atoms with Crippen molar-refractivity contribution in [2.24, 2.45) is 5.92 Å². The molecule has 0 spiro atoms. The van der Waals surface area contributed by atoms with Crippen molar-refractivity contribution in [3.8, 4) is 11.5 Å². The molecular weight excluding hydrogens is 374 g/mol. The first-order chi connectivity index (χ1) is 14.3. The van der Waals surface area contributed by atoms with Gasteiger partial charge in [-0.25, -0.2) is 9.78 Å². The van der Waals surface area contributed by atoms with Crippen LogP contribution in [-0.4, -0.2) is 16.1 Å². The number of ether oxygens (including phenoxy) is 1. The highest BCUT2D eigenvalue weighted by Gasteiger charge is 2.19. The van der Waals surface area contributed by atoms with Crippen LogP contribution in [0.5, 0.6) is 11.5 Å². The number of hydrogen-bond acceptors (Lipinski definition) is 3. The van der Waals surface area contributed by atoms with Crippen LogP contribution in [0, 0.1) is 5.92 Å². The van der Waals surface area contributed by atoms with Gasteiger partial charge in [0.2, 0.25) is 0 Å². The van der Waals surface area contributed by atoms with Gasteiger partial charge >= 0.3 is 5.97 Å². The molecule has 4 rings (SSSR count). The van der Waals surface area contributed by atoms with Gasteiger partial charge in [0, 0.05) is 11.1 Å². The largest absolute Gasteiger partial charge is 0.477 e. The van der Waals surface area contributed by atoms with Gasteiger partial charge in [0.15, 0.2) is 0 Å². The highest BCUT2D eigenvalue weighted by molar-refractivity contribution is 5.94. The molecule has 1 N–H and O–H groups in total. The Bertz CT molecular complexity index is 1060. The maximum absolute atomic E-state index is 11.6. The van der Waals surface area contributed by atoms with Crippen molar-refractivity contribution < 1.29 is 14.6 Å². The van der Waals surface area contributed by atoms with Gasteiger partial charge < -0.3 is 9.84 Å². The Morgan fingerprint density at radius 1 is 1.03 bits per heavy atom. The fourth-order valence-corrected chi connectivity index (χ4v) is 4.28. The maximum Gasteiger partial charge on any atom is 0.354 e. The number of rotatable bonds is 5. The highest BCUT2D eigenvalue weighted by atomic mass is 16.5. The second kappa shape index (κ2) is 8.10.